The van der Waals surface area contributed by atoms with E-state index < -0.39 is 17.8 Å². The molecule has 1 atom stereocenters. The molecule has 1 aromatic rings. The van der Waals surface area contributed by atoms with Crippen molar-refractivity contribution in [3.63, 3.8) is 0 Å². The molecule has 1 fully saturated rings. The molecular formula is C15H19F3N4O2. The molecular weight excluding hydrogens is 325 g/mol. The Morgan fingerprint density at radius 1 is 1.33 bits per heavy atom. The zero-order valence-electron chi connectivity index (χ0n) is 13.2. The maximum Gasteiger partial charge on any atom is 0.417 e. The molecule has 6 nitrogen and oxygen atoms in total. The zero-order chi connectivity index (χ0) is 17.7. The third-order valence-electron chi connectivity index (χ3n) is 3.78. The van der Waals surface area contributed by atoms with Crippen molar-refractivity contribution in [1.29, 1.82) is 0 Å². The fourth-order valence-corrected chi connectivity index (χ4v) is 2.58. The topological polar surface area (TPSA) is 74.3 Å². The minimum absolute atomic E-state index is 0.125. The first kappa shape index (κ1) is 18.0. The van der Waals surface area contributed by atoms with Gasteiger partial charge in [0.15, 0.2) is 0 Å². The summed E-state index contributed by atoms with van der Waals surface area (Å²) in [5.41, 5.74) is -0.813. The van der Waals surface area contributed by atoms with Crippen LogP contribution in [0.2, 0.25) is 0 Å². The lowest BCUT2D eigenvalue weighted by Crippen LogP contribution is -2.46. The number of rotatable bonds is 5. The van der Waals surface area contributed by atoms with Crippen LogP contribution >= 0.6 is 0 Å². The molecule has 9 heteroatoms. The molecule has 132 valence electrons. The highest BCUT2D eigenvalue weighted by atomic mass is 19.4. The van der Waals surface area contributed by atoms with Crippen LogP contribution < -0.4 is 10.6 Å². The summed E-state index contributed by atoms with van der Waals surface area (Å²) in [5.74, 6) is -0.0481. The van der Waals surface area contributed by atoms with Crippen molar-refractivity contribution in [2.75, 3.05) is 25.0 Å². The van der Waals surface area contributed by atoms with Crippen LogP contribution in [0.15, 0.2) is 18.3 Å². The second-order valence-corrected chi connectivity index (χ2v) is 5.52. The molecule has 1 aliphatic heterocycles. The molecule has 24 heavy (non-hydrogen) atoms. The Kier molecular flexibility index (Phi) is 5.63. The largest absolute Gasteiger partial charge is 0.417 e. The van der Waals surface area contributed by atoms with Crippen molar-refractivity contribution in [3.05, 3.63) is 23.9 Å². The molecule has 0 saturated carbocycles. The van der Waals surface area contributed by atoms with Crippen LogP contribution in [0, 0.1) is 0 Å². The minimum atomic E-state index is -4.41. The number of hydrogen-bond acceptors (Lipinski definition) is 4. The number of hydrogen-bond donors (Lipinski definition) is 2. The Labute approximate surface area is 137 Å². The van der Waals surface area contributed by atoms with Gasteiger partial charge in [-0.1, -0.05) is 0 Å². The number of pyridine rings is 1. The van der Waals surface area contributed by atoms with E-state index in [0.29, 0.717) is 25.3 Å². The molecule has 2 rings (SSSR count). The lowest BCUT2D eigenvalue weighted by Gasteiger charge is -2.22. The average Bonchev–Trinajstić information content (AvgIpc) is 3.01. The van der Waals surface area contributed by atoms with Crippen molar-refractivity contribution in [2.45, 2.75) is 32.0 Å². The number of likely N-dealkylation sites (tertiary alicyclic amines) is 1. The number of nitrogens with zero attached hydrogens (tertiary/aromatic N) is 2. The van der Waals surface area contributed by atoms with Crippen LogP contribution in [0.5, 0.6) is 0 Å². The van der Waals surface area contributed by atoms with Crippen LogP contribution in [0.4, 0.5) is 19.0 Å². The van der Waals surface area contributed by atoms with Crippen LogP contribution in [0.3, 0.4) is 0 Å². The Morgan fingerprint density at radius 2 is 2.08 bits per heavy atom. The molecule has 2 amide bonds. The van der Waals surface area contributed by atoms with Gasteiger partial charge < -0.3 is 15.5 Å². The fraction of sp³-hybridized carbons (Fsp3) is 0.533. The summed E-state index contributed by atoms with van der Waals surface area (Å²) in [6.45, 7) is 2.62. The first-order valence-electron chi connectivity index (χ1n) is 7.61. The molecule has 0 aliphatic carbocycles. The third-order valence-corrected chi connectivity index (χ3v) is 3.78. The molecule has 0 aromatic carbocycles. The van der Waals surface area contributed by atoms with Crippen molar-refractivity contribution in [1.82, 2.24) is 15.2 Å². The molecule has 0 bridgehead atoms. The van der Waals surface area contributed by atoms with Crippen LogP contribution in [0.25, 0.3) is 0 Å². The minimum Gasteiger partial charge on any atom is -0.368 e. The Hall–Kier alpha value is -2.32. The van der Waals surface area contributed by atoms with E-state index in [0.717, 1.165) is 18.7 Å². The highest BCUT2D eigenvalue weighted by Crippen LogP contribution is 2.28. The number of carbonyl (C=O) groups excluding carboxylic acids is 2. The number of halogens is 3. The predicted molar refractivity (Wildman–Crippen MR) is 81.1 cm³/mol. The number of aromatic nitrogens is 1. The zero-order valence-corrected chi connectivity index (χ0v) is 13.2. The maximum absolute atomic E-state index is 12.4. The number of anilines is 1. The van der Waals surface area contributed by atoms with Crippen molar-refractivity contribution in [2.24, 2.45) is 0 Å². The summed E-state index contributed by atoms with van der Waals surface area (Å²) >= 11 is 0. The van der Waals surface area contributed by atoms with E-state index in [1.807, 2.05) is 0 Å². The standard InChI is InChI=1S/C15H19F3N4O2/c1-10(23)22-8-2-3-12(22)14(24)20-7-6-19-13-5-4-11(9-21-13)15(16,17)18/h4-5,9,12H,2-3,6-8H2,1H3,(H,19,21)(H,20,24)/t12-/m1/s1. The van der Waals surface area contributed by atoms with Gasteiger partial charge in [0.05, 0.1) is 5.56 Å². The predicted octanol–water partition coefficient (Wildman–Crippen LogP) is 1.64. The normalized spacial score (nSPS) is 17.7. The third kappa shape index (κ3) is 4.59. The van der Waals surface area contributed by atoms with Crippen molar-refractivity contribution >= 4 is 17.6 Å². The van der Waals surface area contributed by atoms with Gasteiger partial charge in [0.2, 0.25) is 11.8 Å². The summed E-state index contributed by atoms with van der Waals surface area (Å²) < 4.78 is 37.2. The van der Waals surface area contributed by atoms with Crippen LogP contribution in [-0.4, -0.2) is 47.4 Å². The lowest BCUT2D eigenvalue weighted by molar-refractivity contribution is -0.137. The van der Waals surface area contributed by atoms with E-state index >= 15 is 0 Å². The first-order valence-corrected chi connectivity index (χ1v) is 7.61. The quantitative estimate of drug-likeness (QED) is 0.797. The Balaban J connectivity index is 1.75. The highest BCUT2D eigenvalue weighted by Gasteiger charge is 2.32. The molecule has 1 saturated heterocycles. The maximum atomic E-state index is 12.4. The summed E-state index contributed by atoms with van der Waals surface area (Å²) in [7, 11) is 0. The van der Waals surface area contributed by atoms with Gasteiger partial charge in [-0.25, -0.2) is 4.98 Å². The second-order valence-electron chi connectivity index (χ2n) is 5.52. The van der Waals surface area contributed by atoms with E-state index in [4.69, 9.17) is 0 Å². The molecule has 0 spiro atoms. The van der Waals surface area contributed by atoms with Gasteiger partial charge in [-0.3, -0.25) is 9.59 Å². The first-order chi connectivity index (χ1) is 11.3. The van der Waals surface area contributed by atoms with Gasteiger partial charge in [0.25, 0.3) is 0 Å². The summed E-state index contributed by atoms with van der Waals surface area (Å²) in [5, 5.41) is 5.54. The van der Waals surface area contributed by atoms with E-state index in [1.54, 1.807) is 4.90 Å². The number of nitrogens with one attached hydrogen (secondary N) is 2. The smallest absolute Gasteiger partial charge is 0.368 e. The highest BCUT2D eigenvalue weighted by molar-refractivity contribution is 5.87. The number of amides is 2. The number of alkyl halides is 3. The van der Waals surface area contributed by atoms with Gasteiger partial charge in [0.1, 0.15) is 11.9 Å². The van der Waals surface area contributed by atoms with E-state index in [-0.39, 0.29) is 18.4 Å². The van der Waals surface area contributed by atoms with Gasteiger partial charge >= 0.3 is 6.18 Å². The van der Waals surface area contributed by atoms with Crippen LogP contribution in [-0.2, 0) is 15.8 Å². The van der Waals surface area contributed by atoms with Gasteiger partial charge in [-0.15, -0.1) is 0 Å². The van der Waals surface area contributed by atoms with Crippen molar-refractivity contribution in [3.8, 4) is 0 Å². The summed E-state index contributed by atoms with van der Waals surface area (Å²) in [4.78, 5) is 28.7. The SMILES string of the molecule is CC(=O)N1CCC[C@@H]1C(=O)NCCNc1ccc(C(F)(F)F)cn1. The molecule has 2 heterocycles. The van der Waals surface area contributed by atoms with E-state index in [2.05, 4.69) is 15.6 Å². The van der Waals surface area contributed by atoms with Gasteiger partial charge in [-0.05, 0) is 25.0 Å². The molecule has 1 aromatic heterocycles. The average molecular weight is 344 g/mol. The molecule has 2 N–H and O–H groups in total. The Morgan fingerprint density at radius 3 is 2.67 bits per heavy atom. The van der Waals surface area contributed by atoms with Crippen LogP contribution in [0.1, 0.15) is 25.3 Å². The second kappa shape index (κ2) is 7.50. The summed E-state index contributed by atoms with van der Waals surface area (Å²) in [6.07, 6.45) is -2.22. The Bertz CT molecular complexity index is 589. The fourth-order valence-electron chi connectivity index (χ4n) is 2.58. The monoisotopic (exact) mass is 344 g/mol. The molecule has 0 unspecified atom stereocenters. The van der Waals surface area contributed by atoms with Gasteiger partial charge in [-0.2, -0.15) is 13.2 Å². The van der Waals surface area contributed by atoms with E-state index in [9.17, 15) is 22.8 Å². The number of carbonyl (C=O) groups is 2. The van der Waals surface area contributed by atoms with Gasteiger partial charge in [0, 0.05) is 32.8 Å². The van der Waals surface area contributed by atoms with Crippen molar-refractivity contribution < 1.29 is 22.8 Å². The molecule has 1 aliphatic rings. The molecule has 0 radical (unpaired) electrons. The van der Waals surface area contributed by atoms with E-state index in [1.165, 1.54) is 13.0 Å². The lowest BCUT2D eigenvalue weighted by atomic mass is 10.2. The summed E-state index contributed by atoms with van der Waals surface area (Å²) in [6, 6.07) is 1.74.